The lowest BCUT2D eigenvalue weighted by molar-refractivity contribution is 0.189. The van der Waals surface area contributed by atoms with Crippen molar-refractivity contribution >= 4 is 17.0 Å². The summed E-state index contributed by atoms with van der Waals surface area (Å²) in [5, 5.41) is 15.1. The summed E-state index contributed by atoms with van der Waals surface area (Å²) in [6, 6.07) is 12.7. The van der Waals surface area contributed by atoms with E-state index in [1.807, 2.05) is 10.7 Å². The third-order valence-corrected chi connectivity index (χ3v) is 7.01. The Morgan fingerprint density at radius 1 is 1.13 bits per heavy atom. The predicted molar refractivity (Wildman–Crippen MR) is 120 cm³/mol. The lowest BCUT2D eigenvalue weighted by Crippen LogP contribution is -2.48. The number of aromatic nitrogens is 4. The number of methoxy groups -OCH3 is 1. The molecule has 0 radical (unpaired) electrons. The van der Waals surface area contributed by atoms with Gasteiger partial charge in [-0.15, -0.1) is 16.4 Å². The molecule has 30 heavy (non-hydrogen) atoms. The van der Waals surface area contributed by atoms with E-state index in [1.54, 1.807) is 18.4 Å². The first-order chi connectivity index (χ1) is 14.5. The Hall–Kier alpha value is -2.45. The molecule has 0 N–H and O–H groups in total. The second-order valence-corrected chi connectivity index (χ2v) is 9.24. The molecule has 0 unspecified atom stereocenters. The second-order valence-electron chi connectivity index (χ2n) is 8.26. The van der Waals surface area contributed by atoms with Crippen molar-refractivity contribution in [2.24, 2.45) is 0 Å². The maximum Gasteiger partial charge on any atom is 0.174 e. The molecule has 1 aliphatic rings. The van der Waals surface area contributed by atoms with Crippen molar-refractivity contribution in [2.45, 2.75) is 38.8 Å². The number of anilines is 1. The summed E-state index contributed by atoms with van der Waals surface area (Å²) in [4.78, 5) is 6.22. The van der Waals surface area contributed by atoms with Crippen molar-refractivity contribution in [3.05, 3.63) is 52.5 Å². The Bertz CT molecular complexity index is 946. The van der Waals surface area contributed by atoms with E-state index in [0.29, 0.717) is 0 Å². The highest BCUT2D eigenvalue weighted by Crippen LogP contribution is 2.34. The molecule has 0 spiro atoms. The summed E-state index contributed by atoms with van der Waals surface area (Å²) in [5.41, 5.74) is 1.08. The van der Waals surface area contributed by atoms with E-state index in [1.165, 1.54) is 10.6 Å². The molecule has 7 nitrogen and oxygen atoms in total. The van der Waals surface area contributed by atoms with E-state index in [9.17, 15) is 0 Å². The average Bonchev–Trinajstić information content (AvgIpc) is 3.48. The van der Waals surface area contributed by atoms with Gasteiger partial charge in [-0.3, -0.25) is 4.90 Å². The zero-order valence-corrected chi connectivity index (χ0v) is 19.0. The fourth-order valence-electron chi connectivity index (χ4n) is 3.91. The molecule has 1 aromatic carbocycles. The first-order valence-electron chi connectivity index (χ1n) is 10.5. The standard InChI is InChI=1S/C22H30N6OS/c1-5-22(2,3)28-21(23-24-25-28)20(19-10-7-15-30-19)27-13-11-26(12-14-27)17-8-6-9-18(16-17)29-4/h6-10,15-16,20H,5,11-14H2,1-4H3/t20-/m0/s1. The van der Waals surface area contributed by atoms with Gasteiger partial charge in [0, 0.05) is 42.8 Å². The number of tetrazole rings is 1. The zero-order valence-electron chi connectivity index (χ0n) is 18.2. The topological polar surface area (TPSA) is 59.3 Å². The van der Waals surface area contributed by atoms with Crippen molar-refractivity contribution < 1.29 is 4.74 Å². The van der Waals surface area contributed by atoms with E-state index < -0.39 is 0 Å². The van der Waals surface area contributed by atoms with Crippen LogP contribution in [0, 0.1) is 0 Å². The molecule has 3 heterocycles. The number of benzene rings is 1. The number of piperazine rings is 1. The maximum atomic E-state index is 5.40. The van der Waals surface area contributed by atoms with Crippen LogP contribution in [0.15, 0.2) is 41.8 Å². The Kier molecular flexibility index (Phi) is 6.06. The van der Waals surface area contributed by atoms with Crippen molar-refractivity contribution in [2.75, 3.05) is 38.2 Å². The minimum absolute atomic E-state index is 0.0679. The van der Waals surface area contributed by atoms with Gasteiger partial charge in [-0.05, 0) is 54.3 Å². The summed E-state index contributed by atoms with van der Waals surface area (Å²) in [6.07, 6.45) is 0.964. The third kappa shape index (κ3) is 4.06. The summed E-state index contributed by atoms with van der Waals surface area (Å²) < 4.78 is 7.42. The molecule has 0 aliphatic carbocycles. The Balaban J connectivity index is 1.58. The van der Waals surface area contributed by atoms with Crippen LogP contribution in [0.5, 0.6) is 5.75 Å². The Labute approximate surface area is 182 Å². The fourth-order valence-corrected chi connectivity index (χ4v) is 4.76. The SMILES string of the molecule is CCC(C)(C)n1nnnc1[C@H](c1cccs1)N1CCN(c2cccc(OC)c2)CC1. The minimum atomic E-state index is -0.128. The molecule has 1 fully saturated rings. The van der Waals surface area contributed by atoms with Crippen molar-refractivity contribution in [1.82, 2.24) is 25.1 Å². The molecule has 0 amide bonds. The van der Waals surface area contributed by atoms with Crippen LogP contribution < -0.4 is 9.64 Å². The first-order valence-corrected chi connectivity index (χ1v) is 11.4. The molecule has 160 valence electrons. The zero-order chi connectivity index (χ0) is 21.1. The lowest BCUT2D eigenvalue weighted by Gasteiger charge is -2.40. The molecule has 1 aliphatic heterocycles. The van der Waals surface area contributed by atoms with Gasteiger partial charge in [0.05, 0.1) is 12.6 Å². The number of thiophene rings is 1. The third-order valence-electron chi connectivity index (χ3n) is 6.09. The smallest absolute Gasteiger partial charge is 0.174 e. The molecule has 0 bridgehead atoms. The van der Waals surface area contributed by atoms with E-state index in [0.717, 1.165) is 44.2 Å². The number of hydrogen-bond acceptors (Lipinski definition) is 7. The van der Waals surface area contributed by atoms with Crippen LogP contribution in [-0.4, -0.2) is 58.4 Å². The molecular weight excluding hydrogens is 396 g/mol. The molecule has 0 saturated carbocycles. The first kappa shape index (κ1) is 20.8. The van der Waals surface area contributed by atoms with E-state index in [4.69, 9.17) is 4.74 Å². The molecule has 1 atom stereocenters. The van der Waals surface area contributed by atoms with Gasteiger partial charge in [0.2, 0.25) is 0 Å². The molecule has 2 aromatic heterocycles. The summed E-state index contributed by atoms with van der Waals surface area (Å²) in [7, 11) is 1.71. The quantitative estimate of drug-likeness (QED) is 0.573. The van der Waals surface area contributed by atoms with Gasteiger partial charge in [0.25, 0.3) is 0 Å². The van der Waals surface area contributed by atoms with Crippen LogP contribution in [0.2, 0.25) is 0 Å². The van der Waals surface area contributed by atoms with Gasteiger partial charge in [-0.1, -0.05) is 19.1 Å². The molecule has 1 saturated heterocycles. The van der Waals surface area contributed by atoms with Crippen LogP contribution in [-0.2, 0) is 5.54 Å². The van der Waals surface area contributed by atoms with Gasteiger partial charge >= 0.3 is 0 Å². The van der Waals surface area contributed by atoms with Gasteiger partial charge in [0.1, 0.15) is 11.8 Å². The highest BCUT2D eigenvalue weighted by molar-refractivity contribution is 7.10. The van der Waals surface area contributed by atoms with Crippen LogP contribution in [0.4, 0.5) is 5.69 Å². The largest absolute Gasteiger partial charge is 0.497 e. The number of ether oxygens (including phenoxy) is 1. The average molecular weight is 427 g/mol. The van der Waals surface area contributed by atoms with Gasteiger partial charge in [-0.2, -0.15) is 0 Å². The lowest BCUT2D eigenvalue weighted by atomic mass is 10.0. The fraction of sp³-hybridized carbons (Fsp3) is 0.500. The highest BCUT2D eigenvalue weighted by Gasteiger charge is 2.34. The monoisotopic (exact) mass is 426 g/mol. The van der Waals surface area contributed by atoms with Crippen LogP contribution in [0.3, 0.4) is 0 Å². The highest BCUT2D eigenvalue weighted by atomic mass is 32.1. The predicted octanol–water partition coefficient (Wildman–Crippen LogP) is 3.80. The van der Waals surface area contributed by atoms with E-state index in [-0.39, 0.29) is 11.6 Å². The Morgan fingerprint density at radius 3 is 2.60 bits per heavy atom. The minimum Gasteiger partial charge on any atom is -0.497 e. The van der Waals surface area contributed by atoms with Crippen LogP contribution in [0.25, 0.3) is 0 Å². The van der Waals surface area contributed by atoms with E-state index >= 15 is 0 Å². The van der Waals surface area contributed by atoms with Crippen LogP contribution >= 0.6 is 11.3 Å². The van der Waals surface area contributed by atoms with Gasteiger partial charge < -0.3 is 9.64 Å². The summed E-state index contributed by atoms with van der Waals surface area (Å²) in [6.45, 7) is 10.4. The second kappa shape index (κ2) is 8.73. The number of rotatable bonds is 7. The van der Waals surface area contributed by atoms with Crippen LogP contribution in [0.1, 0.15) is 43.9 Å². The van der Waals surface area contributed by atoms with Gasteiger partial charge in [-0.25, -0.2) is 4.68 Å². The molecular formula is C22H30N6OS. The van der Waals surface area contributed by atoms with Crippen molar-refractivity contribution in [3.8, 4) is 5.75 Å². The van der Waals surface area contributed by atoms with Crippen molar-refractivity contribution in [3.63, 3.8) is 0 Å². The normalized spacial score (nSPS) is 16.6. The van der Waals surface area contributed by atoms with Gasteiger partial charge in [0.15, 0.2) is 5.82 Å². The Morgan fingerprint density at radius 2 is 1.93 bits per heavy atom. The van der Waals surface area contributed by atoms with E-state index in [2.05, 4.69) is 81.8 Å². The number of hydrogen-bond donors (Lipinski definition) is 0. The molecule has 4 rings (SSSR count). The molecule has 8 heteroatoms. The van der Waals surface area contributed by atoms with Crippen molar-refractivity contribution in [1.29, 1.82) is 0 Å². The molecule has 3 aromatic rings. The summed E-state index contributed by atoms with van der Waals surface area (Å²) >= 11 is 1.77. The number of nitrogens with zero attached hydrogens (tertiary/aromatic N) is 6. The summed E-state index contributed by atoms with van der Waals surface area (Å²) in [5.74, 6) is 1.83. The maximum absolute atomic E-state index is 5.40.